The molecule has 88 valence electrons. The predicted octanol–water partition coefficient (Wildman–Crippen LogP) is 2.07. The topological polar surface area (TPSA) is 51.5 Å². The molecule has 4 nitrogen and oxygen atoms in total. The third kappa shape index (κ3) is 2.15. The third-order valence-corrected chi connectivity index (χ3v) is 2.61. The van der Waals surface area contributed by atoms with Crippen LogP contribution >= 0.6 is 0 Å². The summed E-state index contributed by atoms with van der Waals surface area (Å²) in [5, 5.41) is 9.34. The summed E-state index contributed by atoms with van der Waals surface area (Å²) in [7, 11) is 1.60. The molecule has 2 aromatic rings. The van der Waals surface area contributed by atoms with Crippen LogP contribution in [0.2, 0.25) is 0 Å². The lowest BCUT2D eigenvalue weighted by Gasteiger charge is -2.06. The van der Waals surface area contributed by atoms with Crippen molar-refractivity contribution in [3.05, 3.63) is 52.4 Å². The third-order valence-electron chi connectivity index (χ3n) is 2.61. The van der Waals surface area contributed by atoms with Gasteiger partial charge in [-0.05, 0) is 36.2 Å². The van der Waals surface area contributed by atoms with Gasteiger partial charge in [0.05, 0.1) is 12.8 Å². The van der Waals surface area contributed by atoms with Gasteiger partial charge in [0, 0.05) is 6.07 Å². The number of ether oxygens (including phenoxy) is 1. The summed E-state index contributed by atoms with van der Waals surface area (Å²) in [6.07, 6.45) is 0. The van der Waals surface area contributed by atoms with Gasteiger partial charge in [0.15, 0.2) is 0 Å². The molecule has 0 atom stereocenters. The zero-order valence-electron chi connectivity index (χ0n) is 9.68. The van der Waals surface area contributed by atoms with E-state index in [1.807, 2.05) is 24.3 Å². The normalized spacial score (nSPS) is 10.2. The lowest BCUT2D eigenvalue weighted by atomic mass is 10.1. The van der Waals surface area contributed by atoms with E-state index in [1.165, 1.54) is 6.07 Å². The number of benzene rings is 1. The van der Waals surface area contributed by atoms with Gasteiger partial charge in [-0.25, -0.2) is 0 Å². The number of nitrogens with zero attached hydrogens (tertiary/aromatic N) is 1. The lowest BCUT2D eigenvalue weighted by molar-refractivity contribution is 0.168. The summed E-state index contributed by atoms with van der Waals surface area (Å²) in [4.78, 5) is 11.4. The smallest absolute Gasteiger partial charge is 0.283 e. The minimum Gasteiger partial charge on any atom is -0.497 e. The minimum atomic E-state index is -0.434. The van der Waals surface area contributed by atoms with E-state index in [2.05, 4.69) is 0 Å². The number of hydrogen-bond donors (Lipinski definition) is 1. The molecular weight excluding hydrogens is 218 g/mol. The van der Waals surface area contributed by atoms with Crippen molar-refractivity contribution < 1.29 is 9.94 Å². The van der Waals surface area contributed by atoms with Gasteiger partial charge in [0.2, 0.25) is 0 Å². The van der Waals surface area contributed by atoms with Gasteiger partial charge in [-0.1, -0.05) is 12.1 Å². The predicted molar refractivity (Wildman–Crippen MR) is 64.6 cm³/mol. The first-order valence-electron chi connectivity index (χ1n) is 5.19. The Labute approximate surface area is 98.7 Å². The Morgan fingerprint density at radius 1 is 1.12 bits per heavy atom. The Hall–Kier alpha value is -2.23. The second kappa shape index (κ2) is 4.33. The molecule has 1 aromatic carbocycles. The zero-order valence-corrected chi connectivity index (χ0v) is 9.68. The van der Waals surface area contributed by atoms with E-state index in [4.69, 9.17) is 4.74 Å². The van der Waals surface area contributed by atoms with Crippen LogP contribution in [0.3, 0.4) is 0 Å². The van der Waals surface area contributed by atoms with Crippen LogP contribution in [0, 0.1) is 6.92 Å². The first-order valence-corrected chi connectivity index (χ1v) is 5.19. The minimum absolute atomic E-state index is 0.434. The van der Waals surface area contributed by atoms with Crippen molar-refractivity contribution >= 4 is 0 Å². The van der Waals surface area contributed by atoms with Gasteiger partial charge in [-0.3, -0.25) is 4.79 Å². The van der Waals surface area contributed by atoms with Gasteiger partial charge >= 0.3 is 0 Å². The Kier molecular flexibility index (Phi) is 2.87. The summed E-state index contributed by atoms with van der Waals surface area (Å²) >= 11 is 0. The molecule has 1 heterocycles. The number of methoxy groups -OCH3 is 1. The summed E-state index contributed by atoms with van der Waals surface area (Å²) < 4.78 is 5.70. The second-order valence-electron chi connectivity index (χ2n) is 3.76. The molecule has 0 saturated carbocycles. The Morgan fingerprint density at radius 2 is 1.76 bits per heavy atom. The number of aromatic nitrogens is 1. The molecule has 0 fully saturated rings. The number of pyridine rings is 1. The molecule has 17 heavy (non-hydrogen) atoms. The van der Waals surface area contributed by atoms with Crippen molar-refractivity contribution in [1.82, 2.24) is 4.73 Å². The highest BCUT2D eigenvalue weighted by Gasteiger charge is 2.04. The monoisotopic (exact) mass is 231 g/mol. The molecule has 0 unspecified atom stereocenters. The summed E-state index contributed by atoms with van der Waals surface area (Å²) in [6, 6.07) is 10.5. The van der Waals surface area contributed by atoms with Crippen LogP contribution < -0.4 is 10.3 Å². The van der Waals surface area contributed by atoms with E-state index in [1.54, 1.807) is 20.1 Å². The fourth-order valence-corrected chi connectivity index (χ4v) is 1.65. The first kappa shape index (κ1) is 11.3. The largest absolute Gasteiger partial charge is 0.497 e. The number of aryl methyl sites for hydroxylation is 1. The molecule has 0 bridgehead atoms. The Balaban J connectivity index is 2.49. The number of rotatable bonds is 2. The molecule has 1 N–H and O–H groups in total. The highest BCUT2D eigenvalue weighted by Crippen LogP contribution is 2.21. The molecular formula is C13H13NO3. The zero-order chi connectivity index (χ0) is 12.4. The molecule has 4 heteroatoms. The van der Waals surface area contributed by atoms with E-state index in [-0.39, 0.29) is 0 Å². The van der Waals surface area contributed by atoms with Crippen molar-refractivity contribution in [2.24, 2.45) is 0 Å². The molecule has 1 aromatic heterocycles. The average molecular weight is 231 g/mol. The summed E-state index contributed by atoms with van der Waals surface area (Å²) in [5.41, 5.74) is 1.76. The van der Waals surface area contributed by atoms with Crippen molar-refractivity contribution in [2.75, 3.05) is 7.11 Å². The van der Waals surface area contributed by atoms with Gasteiger partial charge in [0.1, 0.15) is 5.75 Å². The maximum atomic E-state index is 11.4. The summed E-state index contributed by atoms with van der Waals surface area (Å²) in [6.45, 7) is 1.68. The van der Waals surface area contributed by atoms with E-state index in [0.29, 0.717) is 10.4 Å². The maximum absolute atomic E-state index is 11.4. The van der Waals surface area contributed by atoms with E-state index in [0.717, 1.165) is 16.9 Å². The highest BCUT2D eigenvalue weighted by molar-refractivity contribution is 5.64. The van der Waals surface area contributed by atoms with Crippen LogP contribution in [0.4, 0.5) is 0 Å². The molecule has 2 rings (SSSR count). The van der Waals surface area contributed by atoms with Crippen LogP contribution in [-0.4, -0.2) is 17.0 Å². The molecule has 0 aliphatic carbocycles. The van der Waals surface area contributed by atoms with Gasteiger partial charge in [-0.2, -0.15) is 4.73 Å². The molecule has 0 saturated heterocycles. The van der Waals surface area contributed by atoms with Gasteiger partial charge in [-0.15, -0.1) is 0 Å². The van der Waals surface area contributed by atoms with Crippen LogP contribution in [0.15, 0.2) is 41.2 Å². The second-order valence-corrected chi connectivity index (χ2v) is 3.76. The first-order chi connectivity index (χ1) is 8.11. The summed E-state index contributed by atoms with van der Waals surface area (Å²) in [5.74, 6) is 0.765. The van der Waals surface area contributed by atoms with Crippen LogP contribution in [0.1, 0.15) is 5.69 Å². The standard InChI is InChI=1S/C13H13NO3/c1-9-7-11(8-13(15)14(9)16)10-3-5-12(17-2)6-4-10/h3-8,16H,1-2H3. The van der Waals surface area contributed by atoms with Gasteiger partial charge in [0.25, 0.3) is 5.56 Å². The maximum Gasteiger partial charge on any atom is 0.283 e. The van der Waals surface area contributed by atoms with Crippen LogP contribution in [-0.2, 0) is 0 Å². The quantitative estimate of drug-likeness (QED) is 0.805. The van der Waals surface area contributed by atoms with Gasteiger partial charge < -0.3 is 9.94 Å². The highest BCUT2D eigenvalue weighted by atomic mass is 16.5. The van der Waals surface area contributed by atoms with Crippen LogP contribution in [0.25, 0.3) is 11.1 Å². The van der Waals surface area contributed by atoms with Crippen molar-refractivity contribution in [3.63, 3.8) is 0 Å². The molecule has 0 amide bonds. The van der Waals surface area contributed by atoms with Crippen molar-refractivity contribution in [2.45, 2.75) is 6.92 Å². The molecule has 0 aliphatic rings. The lowest BCUT2D eigenvalue weighted by Crippen LogP contribution is -2.18. The molecule has 0 radical (unpaired) electrons. The molecule has 0 spiro atoms. The van der Waals surface area contributed by atoms with Crippen molar-refractivity contribution in [1.29, 1.82) is 0 Å². The Morgan fingerprint density at radius 3 is 2.29 bits per heavy atom. The van der Waals surface area contributed by atoms with E-state index >= 15 is 0 Å². The van der Waals surface area contributed by atoms with E-state index < -0.39 is 5.56 Å². The SMILES string of the molecule is COc1ccc(-c2cc(C)n(O)c(=O)c2)cc1. The Bertz CT molecular complexity index is 585. The molecule has 0 aliphatic heterocycles. The van der Waals surface area contributed by atoms with Crippen LogP contribution in [0.5, 0.6) is 5.75 Å². The van der Waals surface area contributed by atoms with E-state index in [9.17, 15) is 10.0 Å². The number of hydrogen-bond acceptors (Lipinski definition) is 3. The van der Waals surface area contributed by atoms with Crippen molar-refractivity contribution in [3.8, 4) is 16.9 Å². The average Bonchev–Trinajstić information content (AvgIpc) is 2.35. The fraction of sp³-hybridized carbons (Fsp3) is 0.154. The fourth-order valence-electron chi connectivity index (χ4n) is 1.65.